The second kappa shape index (κ2) is 7.84. The van der Waals surface area contributed by atoms with Crippen molar-refractivity contribution in [2.24, 2.45) is 0 Å². The monoisotopic (exact) mass is 398 g/mol. The van der Waals surface area contributed by atoms with Gasteiger partial charge in [0, 0.05) is 0 Å². The third-order valence-electron chi connectivity index (χ3n) is 8.12. The summed E-state index contributed by atoms with van der Waals surface area (Å²) in [7, 11) is 0. The first-order valence-corrected chi connectivity index (χ1v) is 11.9. The first-order valence-electron chi connectivity index (χ1n) is 11.9. The van der Waals surface area contributed by atoms with Crippen LogP contribution in [-0.4, -0.2) is 35.4 Å². The first-order chi connectivity index (χ1) is 15.6. The van der Waals surface area contributed by atoms with Crippen molar-refractivity contribution in [1.82, 2.24) is 0 Å². The van der Waals surface area contributed by atoms with Gasteiger partial charge in [-0.1, -0.05) is 0 Å². The van der Waals surface area contributed by atoms with Gasteiger partial charge in [-0.25, -0.2) is 0 Å². The van der Waals surface area contributed by atoms with Crippen LogP contribution in [0.25, 0.3) is 8.49 Å². The Kier molecular flexibility index (Phi) is 5.06. The summed E-state index contributed by atoms with van der Waals surface area (Å²) < 4.78 is 2.94. The maximum atomic E-state index is 2.36. The third-order valence-corrected chi connectivity index (χ3v) is 8.12. The van der Waals surface area contributed by atoms with E-state index in [4.69, 9.17) is 0 Å². The SMILES string of the molecule is [Li][C]1=C2C=CC=CC2c2ccc(C)c(CCc3c(C)ccc4c3[C]([Li])=C3C=CC=CC34)c21. The second-order valence-corrected chi connectivity index (χ2v) is 9.75. The Morgan fingerprint density at radius 2 is 1.06 bits per heavy atom. The first kappa shape index (κ1) is 20.7. The molecule has 0 fully saturated rings. The van der Waals surface area contributed by atoms with E-state index in [1.165, 1.54) is 53.0 Å². The van der Waals surface area contributed by atoms with E-state index in [2.05, 4.69) is 122 Å². The molecule has 0 saturated heterocycles. The Bertz CT molecular complexity index is 1250. The number of fused-ring (bicyclic) bond motifs is 6. The fraction of sp³-hybridized carbons (Fsp3) is 0.200. The molecule has 2 aromatic rings. The van der Waals surface area contributed by atoms with Crippen molar-refractivity contribution in [3.63, 3.8) is 0 Å². The molecule has 6 rings (SSSR count). The number of hydrogen-bond acceptors (Lipinski definition) is 0. The number of allylic oxidation sites excluding steroid dienone is 10. The topological polar surface area (TPSA) is 0 Å². The summed E-state index contributed by atoms with van der Waals surface area (Å²) in [5.74, 6) is 0.872. The zero-order chi connectivity index (χ0) is 22.0. The summed E-state index contributed by atoms with van der Waals surface area (Å²) in [6.45, 7) is 4.59. The summed E-state index contributed by atoms with van der Waals surface area (Å²) in [6, 6.07) is 9.41. The van der Waals surface area contributed by atoms with Gasteiger partial charge >= 0.3 is 211 Å². The van der Waals surface area contributed by atoms with Crippen molar-refractivity contribution in [3.05, 3.63) is 129 Å². The predicted octanol–water partition coefficient (Wildman–Crippen LogP) is 6.29. The zero-order valence-electron chi connectivity index (χ0n) is 19.5. The molecular formula is C30H24Li2. The second-order valence-electron chi connectivity index (χ2n) is 9.75. The minimum atomic E-state index is 0.436. The molecule has 0 saturated carbocycles. The van der Waals surface area contributed by atoms with E-state index in [1.807, 2.05) is 0 Å². The van der Waals surface area contributed by atoms with Crippen LogP contribution in [0.1, 0.15) is 56.3 Å². The van der Waals surface area contributed by atoms with Crippen molar-refractivity contribution < 1.29 is 0 Å². The van der Waals surface area contributed by atoms with E-state index < -0.39 is 0 Å². The Labute approximate surface area is 210 Å². The van der Waals surface area contributed by atoms with Crippen molar-refractivity contribution in [3.8, 4) is 0 Å². The van der Waals surface area contributed by atoms with Gasteiger partial charge < -0.3 is 0 Å². The summed E-state index contributed by atoms with van der Waals surface area (Å²) in [4.78, 5) is 0. The Hall–Kier alpha value is -1.93. The molecule has 2 heteroatoms. The van der Waals surface area contributed by atoms with Crippen LogP contribution in [0.2, 0.25) is 0 Å². The Morgan fingerprint density at radius 1 is 0.625 bits per heavy atom. The van der Waals surface area contributed by atoms with Gasteiger partial charge in [0.2, 0.25) is 0 Å². The average molecular weight is 398 g/mol. The molecule has 0 bridgehead atoms. The van der Waals surface area contributed by atoms with Gasteiger partial charge in [-0.05, 0) is 0 Å². The van der Waals surface area contributed by atoms with Crippen LogP contribution in [0.15, 0.2) is 84.0 Å². The number of hydrogen-bond donors (Lipinski definition) is 0. The minimum absolute atomic E-state index is 0.436. The van der Waals surface area contributed by atoms with Gasteiger partial charge in [-0.2, -0.15) is 0 Å². The molecule has 0 amide bonds. The zero-order valence-corrected chi connectivity index (χ0v) is 19.5. The summed E-state index contributed by atoms with van der Waals surface area (Å²) in [6.07, 6.45) is 20.3. The Balaban J connectivity index is 1.42. The molecule has 0 N–H and O–H groups in total. The van der Waals surface area contributed by atoms with Crippen LogP contribution in [0.5, 0.6) is 0 Å². The molecule has 32 heavy (non-hydrogen) atoms. The molecule has 146 valence electrons. The quantitative estimate of drug-likeness (QED) is 0.533. The third kappa shape index (κ3) is 2.98. The van der Waals surface area contributed by atoms with Gasteiger partial charge in [0.05, 0.1) is 0 Å². The van der Waals surface area contributed by atoms with Crippen LogP contribution in [0, 0.1) is 13.8 Å². The van der Waals surface area contributed by atoms with Crippen molar-refractivity contribution in [1.29, 1.82) is 0 Å². The van der Waals surface area contributed by atoms with Gasteiger partial charge in [0.25, 0.3) is 0 Å². The molecule has 4 aliphatic carbocycles. The van der Waals surface area contributed by atoms with Gasteiger partial charge in [-0.15, -0.1) is 0 Å². The predicted molar refractivity (Wildman–Crippen MR) is 137 cm³/mol. The molecule has 0 nitrogen and oxygen atoms in total. The molecule has 2 atom stereocenters. The molecule has 0 spiro atoms. The molecule has 2 aromatic carbocycles. The molecule has 2 unspecified atom stereocenters. The summed E-state index contributed by atoms with van der Waals surface area (Å²) >= 11 is 4.65. The van der Waals surface area contributed by atoms with Gasteiger partial charge in [0.1, 0.15) is 0 Å². The summed E-state index contributed by atoms with van der Waals surface area (Å²) in [5, 5.41) is 0. The summed E-state index contributed by atoms with van der Waals surface area (Å²) in [5.41, 5.74) is 14.9. The van der Waals surface area contributed by atoms with Crippen LogP contribution >= 0.6 is 0 Å². The van der Waals surface area contributed by atoms with Gasteiger partial charge in [-0.3, -0.25) is 0 Å². The molecular weight excluding hydrogens is 374 g/mol. The maximum absolute atomic E-state index is 2.36. The molecule has 0 aromatic heterocycles. The van der Waals surface area contributed by atoms with E-state index in [0.29, 0.717) is 11.8 Å². The molecule has 0 radical (unpaired) electrons. The van der Waals surface area contributed by atoms with E-state index >= 15 is 0 Å². The van der Waals surface area contributed by atoms with Gasteiger partial charge in [0.15, 0.2) is 0 Å². The fourth-order valence-corrected chi connectivity index (χ4v) is 6.47. The number of benzene rings is 2. The average Bonchev–Trinajstić information content (AvgIpc) is 3.27. The molecule has 0 aliphatic heterocycles. The van der Waals surface area contributed by atoms with E-state index in [1.54, 1.807) is 11.1 Å². The van der Waals surface area contributed by atoms with Crippen molar-refractivity contribution in [2.45, 2.75) is 38.5 Å². The molecule has 0 heterocycles. The number of rotatable bonds is 3. The van der Waals surface area contributed by atoms with E-state index in [9.17, 15) is 0 Å². The Morgan fingerprint density at radius 3 is 1.50 bits per heavy atom. The van der Waals surface area contributed by atoms with Crippen molar-refractivity contribution in [2.75, 3.05) is 0 Å². The standard InChI is InChI=1S/C30H24.2Li/c1-19-11-13-27-25-9-5-3-7-21(25)17-29(27)23(19)15-16-24-20(2)12-14-28-26-10-6-4-8-22(26)18-30(24)28;;/h3-14,25-26H,15-16H2,1-2H3;;. The van der Waals surface area contributed by atoms with Crippen LogP contribution in [0.3, 0.4) is 0 Å². The molecule has 4 aliphatic rings. The number of aryl methyl sites for hydroxylation is 2. The fourth-order valence-electron chi connectivity index (χ4n) is 6.47. The normalized spacial score (nSPS) is 21.9. The van der Waals surface area contributed by atoms with Crippen LogP contribution in [0.4, 0.5) is 0 Å². The van der Waals surface area contributed by atoms with Crippen LogP contribution in [-0.2, 0) is 12.8 Å². The van der Waals surface area contributed by atoms with E-state index in [-0.39, 0.29) is 0 Å². The van der Waals surface area contributed by atoms with E-state index in [0.717, 1.165) is 12.8 Å². The van der Waals surface area contributed by atoms with Crippen molar-refractivity contribution >= 4 is 43.9 Å². The van der Waals surface area contributed by atoms with Crippen LogP contribution < -0.4 is 0 Å².